The van der Waals surface area contributed by atoms with Gasteiger partial charge in [0.2, 0.25) is 12.7 Å². The molecule has 0 saturated carbocycles. The number of hydrogen-bond donors (Lipinski definition) is 2. The average Bonchev–Trinajstić information content (AvgIpc) is 3.51. The highest BCUT2D eigenvalue weighted by Crippen LogP contribution is 2.37. The highest BCUT2D eigenvalue weighted by molar-refractivity contribution is 7.16. The normalized spacial score (nSPS) is 16.7. The van der Waals surface area contributed by atoms with Crippen molar-refractivity contribution in [3.05, 3.63) is 58.5 Å². The van der Waals surface area contributed by atoms with Gasteiger partial charge in [-0.3, -0.25) is 14.9 Å². The minimum absolute atomic E-state index is 0.0775. The first-order valence-electron chi connectivity index (χ1n) is 9.68. The molecule has 0 radical (unpaired) electrons. The summed E-state index contributed by atoms with van der Waals surface area (Å²) in [5.74, 6) is 1.20. The number of aromatic nitrogens is 1. The third-order valence-electron chi connectivity index (χ3n) is 5.14. The Bertz CT molecular complexity index is 1090. The molecule has 1 aromatic carbocycles. The van der Waals surface area contributed by atoms with Gasteiger partial charge in [0.25, 0.3) is 5.91 Å². The van der Waals surface area contributed by atoms with Gasteiger partial charge in [0.1, 0.15) is 5.76 Å². The Morgan fingerprint density at radius 3 is 2.97 bits per heavy atom. The maximum atomic E-state index is 12.7. The van der Waals surface area contributed by atoms with E-state index >= 15 is 0 Å². The van der Waals surface area contributed by atoms with Crippen LogP contribution in [0.3, 0.4) is 0 Å². The van der Waals surface area contributed by atoms with Crippen molar-refractivity contribution in [2.45, 2.75) is 31.7 Å². The zero-order chi connectivity index (χ0) is 20.5. The van der Waals surface area contributed by atoms with E-state index < -0.39 is 0 Å². The highest BCUT2D eigenvalue weighted by atomic mass is 32.1. The van der Waals surface area contributed by atoms with Gasteiger partial charge in [-0.15, -0.1) is 11.3 Å². The van der Waals surface area contributed by atoms with Crippen LogP contribution in [0.4, 0.5) is 5.13 Å². The topological polar surface area (TPSA) is 103 Å². The number of nitrogens with one attached hydrogen (secondary N) is 2. The maximum absolute atomic E-state index is 12.7. The smallest absolute Gasteiger partial charge is 0.257 e. The molecule has 30 heavy (non-hydrogen) atoms. The number of carbonyl (C=O) groups is 2. The number of ether oxygens (including phenoxy) is 2. The fourth-order valence-electron chi connectivity index (χ4n) is 3.64. The van der Waals surface area contributed by atoms with Gasteiger partial charge < -0.3 is 19.2 Å². The number of thiazole rings is 1. The van der Waals surface area contributed by atoms with Crippen molar-refractivity contribution in [3.8, 4) is 11.5 Å². The Kier molecular flexibility index (Phi) is 4.88. The zero-order valence-electron chi connectivity index (χ0n) is 16.0. The molecule has 0 spiro atoms. The summed E-state index contributed by atoms with van der Waals surface area (Å²) in [4.78, 5) is 31.0. The van der Waals surface area contributed by atoms with Crippen molar-refractivity contribution < 1.29 is 23.5 Å². The van der Waals surface area contributed by atoms with E-state index in [1.165, 1.54) is 11.3 Å². The lowest BCUT2D eigenvalue weighted by atomic mass is 9.90. The minimum Gasteiger partial charge on any atom is -0.467 e. The summed E-state index contributed by atoms with van der Waals surface area (Å²) < 4.78 is 15.9. The van der Waals surface area contributed by atoms with Gasteiger partial charge in [-0.25, -0.2) is 4.98 Å². The fraction of sp³-hybridized carbons (Fsp3) is 0.286. The van der Waals surface area contributed by atoms with E-state index in [2.05, 4.69) is 15.6 Å². The SMILES string of the molecule is O=C(Nc1nc2c(s1)CCC[C@H]2C(=O)NCc1ccco1)c1ccc2c(c1)OCO2. The Morgan fingerprint density at radius 1 is 1.20 bits per heavy atom. The number of amides is 2. The van der Waals surface area contributed by atoms with Crippen molar-refractivity contribution in [1.29, 1.82) is 0 Å². The molecular formula is C21H19N3O5S. The van der Waals surface area contributed by atoms with E-state index in [4.69, 9.17) is 13.9 Å². The van der Waals surface area contributed by atoms with Crippen LogP contribution in [0.5, 0.6) is 11.5 Å². The Balaban J connectivity index is 1.29. The molecule has 9 heteroatoms. The lowest BCUT2D eigenvalue weighted by molar-refractivity contribution is -0.123. The molecule has 1 aliphatic heterocycles. The van der Waals surface area contributed by atoms with Crippen molar-refractivity contribution in [2.75, 3.05) is 12.1 Å². The van der Waals surface area contributed by atoms with Crippen LogP contribution in [0.1, 0.15) is 45.4 Å². The van der Waals surface area contributed by atoms with E-state index in [-0.39, 0.29) is 24.5 Å². The maximum Gasteiger partial charge on any atom is 0.257 e. The van der Waals surface area contributed by atoms with Crippen molar-refractivity contribution in [3.63, 3.8) is 0 Å². The number of rotatable bonds is 5. The van der Waals surface area contributed by atoms with Gasteiger partial charge in [-0.1, -0.05) is 0 Å². The third kappa shape index (κ3) is 3.63. The standard InChI is InChI=1S/C21H19N3O5S/c25-19(12-6-7-15-16(9-12)29-11-28-15)24-21-23-18-14(4-1-5-17(18)30-21)20(26)22-10-13-3-2-8-27-13/h2-3,6-9,14H,1,4-5,10-11H2,(H,22,26)(H,23,24,25)/t14-/m1/s1. The van der Waals surface area contributed by atoms with Crippen LogP contribution in [0, 0.1) is 0 Å². The van der Waals surface area contributed by atoms with Gasteiger partial charge in [-0.2, -0.15) is 0 Å². The molecule has 0 unspecified atom stereocenters. The van der Waals surface area contributed by atoms with Crippen LogP contribution in [0.2, 0.25) is 0 Å². The Hall–Kier alpha value is -3.33. The van der Waals surface area contributed by atoms with Gasteiger partial charge in [0.05, 0.1) is 24.4 Å². The number of anilines is 1. The second-order valence-electron chi connectivity index (χ2n) is 7.09. The van der Waals surface area contributed by atoms with Crippen molar-refractivity contribution in [2.24, 2.45) is 0 Å². The molecule has 2 N–H and O–H groups in total. The van der Waals surface area contributed by atoms with Crippen molar-refractivity contribution >= 4 is 28.3 Å². The Labute approximate surface area is 176 Å². The summed E-state index contributed by atoms with van der Waals surface area (Å²) in [5.41, 5.74) is 1.21. The lowest BCUT2D eigenvalue weighted by Gasteiger charge is -2.20. The molecule has 0 fully saturated rings. The number of hydrogen-bond acceptors (Lipinski definition) is 7. The monoisotopic (exact) mass is 425 g/mol. The van der Waals surface area contributed by atoms with Crippen molar-refractivity contribution in [1.82, 2.24) is 10.3 Å². The number of carbonyl (C=O) groups excluding carboxylic acids is 2. The molecule has 3 aromatic rings. The third-order valence-corrected chi connectivity index (χ3v) is 6.19. The first kappa shape index (κ1) is 18.7. The van der Waals surface area contributed by atoms with Gasteiger partial charge in [-0.05, 0) is 49.6 Å². The molecule has 154 valence electrons. The number of benzene rings is 1. The molecular weight excluding hydrogens is 406 g/mol. The number of furan rings is 1. The summed E-state index contributed by atoms with van der Waals surface area (Å²) in [6, 6.07) is 8.65. The second-order valence-corrected chi connectivity index (χ2v) is 8.18. The molecule has 5 rings (SSSR count). The van der Waals surface area contributed by atoms with Gasteiger partial charge in [0.15, 0.2) is 16.6 Å². The van der Waals surface area contributed by atoms with E-state index in [0.29, 0.717) is 34.5 Å². The van der Waals surface area contributed by atoms with Crippen LogP contribution in [0.15, 0.2) is 41.0 Å². The lowest BCUT2D eigenvalue weighted by Crippen LogP contribution is -2.30. The largest absolute Gasteiger partial charge is 0.467 e. The van der Waals surface area contributed by atoms with E-state index in [0.717, 1.165) is 29.8 Å². The number of fused-ring (bicyclic) bond motifs is 2. The Morgan fingerprint density at radius 2 is 2.10 bits per heavy atom. The van der Waals surface area contributed by atoms with Crippen LogP contribution in [-0.4, -0.2) is 23.6 Å². The fourth-order valence-corrected chi connectivity index (χ4v) is 4.70. The average molecular weight is 425 g/mol. The quantitative estimate of drug-likeness (QED) is 0.649. The summed E-state index contributed by atoms with van der Waals surface area (Å²) in [6.07, 6.45) is 4.07. The van der Waals surface area contributed by atoms with Crippen LogP contribution >= 0.6 is 11.3 Å². The zero-order valence-corrected chi connectivity index (χ0v) is 16.8. The summed E-state index contributed by atoms with van der Waals surface area (Å²) in [7, 11) is 0. The molecule has 0 saturated heterocycles. The molecule has 2 amide bonds. The summed E-state index contributed by atoms with van der Waals surface area (Å²) >= 11 is 1.42. The molecule has 8 nitrogen and oxygen atoms in total. The first-order valence-corrected chi connectivity index (χ1v) is 10.5. The van der Waals surface area contributed by atoms with Crippen LogP contribution in [0.25, 0.3) is 0 Å². The van der Waals surface area contributed by atoms with Crippen LogP contribution < -0.4 is 20.1 Å². The van der Waals surface area contributed by atoms with Crippen LogP contribution in [-0.2, 0) is 17.8 Å². The first-order chi connectivity index (χ1) is 14.7. The number of nitrogens with zero attached hydrogens (tertiary/aromatic N) is 1. The molecule has 2 aliphatic rings. The van der Waals surface area contributed by atoms with Gasteiger partial charge in [0, 0.05) is 10.4 Å². The minimum atomic E-state index is -0.323. The summed E-state index contributed by atoms with van der Waals surface area (Å²) in [5, 5.41) is 6.25. The number of aryl methyl sites for hydroxylation is 1. The molecule has 2 aromatic heterocycles. The molecule has 0 bridgehead atoms. The van der Waals surface area contributed by atoms with E-state index in [1.54, 1.807) is 30.5 Å². The molecule has 1 atom stereocenters. The summed E-state index contributed by atoms with van der Waals surface area (Å²) in [6.45, 7) is 0.499. The van der Waals surface area contributed by atoms with E-state index in [1.807, 2.05) is 6.07 Å². The van der Waals surface area contributed by atoms with Gasteiger partial charge >= 0.3 is 0 Å². The molecule has 3 heterocycles. The molecule has 1 aliphatic carbocycles. The predicted octanol–water partition coefficient (Wildman–Crippen LogP) is 3.45. The predicted molar refractivity (Wildman–Crippen MR) is 109 cm³/mol. The second kappa shape index (κ2) is 7.83. The highest BCUT2D eigenvalue weighted by Gasteiger charge is 2.30. The van der Waals surface area contributed by atoms with E-state index in [9.17, 15) is 9.59 Å².